The summed E-state index contributed by atoms with van der Waals surface area (Å²) in [4.78, 5) is 10.3. The molecule has 0 saturated carbocycles. The van der Waals surface area contributed by atoms with Crippen molar-refractivity contribution in [1.82, 2.24) is 4.72 Å². The maximum absolute atomic E-state index is 12.3. The first-order chi connectivity index (χ1) is 10.4. The number of aliphatic carboxylic acids is 1. The van der Waals surface area contributed by atoms with Crippen LogP contribution >= 0.6 is 0 Å². The molecule has 1 aromatic rings. The molecule has 23 heavy (non-hydrogen) atoms. The third-order valence-corrected chi connectivity index (χ3v) is 4.18. The van der Waals surface area contributed by atoms with E-state index in [9.17, 15) is 26.4 Å². The van der Waals surface area contributed by atoms with Crippen molar-refractivity contribution in [2.45, 2.75) is 37.6 Å². The van der Waals surface area contributed by atoms with E-state index in [0.29, 0.717) is 0 Å². The molecule has 1 rings (SSSR count). The highest BCUT2D eigenvalue weighted by Gasteiger charge is 2.35. The first kappa shape index (κ1) is 19.2. The van der Waals surface area contributed by atoms with Crippen molar-refractivity contribution in [3.05, 3.63) is 24.3 Å². The lowest BCUT2D eigenvalue weighted by Gasteiger charge is -2.18. The number of halogens is 3. The van der Waals surface area contributed by atoms with Crippen LogP contribution in [-0.2, 0) is 14.8 Å². The Morgan fingerprint density at radius 3 is 2.35 bits per heavy atom. The highest BCUT2D eigenvalue weighted by Crippen LogP contribution is 2.29. The second kappa shape index (κ2) is 7.18. The monoisotopic (exact) mass is 355 g/mol. The van der Waals surface area contributed by atoms with Gasteiger partial charge in [0.2, 0.25) is 10.0 Å². The second-order valence-corrected chi connectivity index (χ2v) is 6.82. The highest BCUT2D eigenvalue weighted by molar-refractivity contribution is 7.89. The Hall–Kier alpha value is -1.81. The van der Waals surface area contributed by atoms with Gasteiger partial charge in [0.05, 0.1) is 0 Å². The first-order valence-electron chi connectivity index (χ1n) is 6.52. The molecule has 0 bridgehead atoms. The Bertz CT molecular complexity index is 658. The minimum Gasteiger partial charge on any atom is -0.480 e. The van der Waals surface area contributed by atoms with Crippen LogP contribution in [0.2, 0.25) is 0 Å². The van der Waals surface area contributed by atoms with E-state index >= 15 is 0 Å². The number of hydrogen-bond donors (Lipinski definition) is 2. The maximum atomic E-state index is 12.3. The SMILES string of the molecule is CC(C)C[C@H](NS(=O)(=O)c1ccccc1OC(F)(F)F)C(=O)O. The molecule has 0 aliphatic carbocycles. The molecule has 0 aliphatic heterocycles. The fourth-order valence-electron chi connectivity index (χ4n) is 1.80. The van der Waals surface area contributed by atoms with Crippen molar-refractivity contribution >= 4 is 16.0 Å². The van der Waals surface area contributed by atoms with Gasteiger partial charge in [-0.15, -0.1) is 13.2 Å². The number of carbonyl (C=O) groups is 1. The van der Waals surface area contributed by atoms with Crippen molar-refractivity contribution in [2.75, 3.05) is 0 Å². The number of carboxylic acids is 1. The Kier molecular flexibility index (Phi) is 6.00. The predicted molar refractivity (Wildman–Crippen MR) is 74.3 cm³/mol. The number of sulfonamides is 1. The van der Waals surface area contributed by atoms with Gasteiger partial charge in [0.25, 0.3) is 0 Å². The molecule has 0 aromatic heterocycles. The molecule has 10 heteroatoms. The number of carboxylic acid groups (broad SMARTS) is 1. The number of nitrogens with one attached hydrogen (secondary N) is 1. The number of ether oxygens (including phenoxy) is 1. The van der Waals surface area contributed by atoms with Gasteiger partial charge >= 0.3 is 12.3 Å². The zero-order chi connectivity index (χ0) is 17.8. The van der Waals surface area contributed by atoms with E-state index in [4.69, 9.17) is 5.11 Å². The topological polar surface area (TPSA) is 92.7 Å². The molecule has 6 nitrogen and oxygen atoms in total. The van der Waals surface area contributed by atoms with Crippen LogP contribution in [-0.4, -0.2) is 31.9 Å². The molecule has 0 fully saturated rings. The zero-order valence-electron chi connectivity index (χ0n) is 12.3. The average molecular weight is 355 g/mol. The largest absolute Gasteiger partial charge is 0.573 e. The summed E-state index contributed by atoms with van der Waals surface area (Å²) < 4.78 is 67.0. The lowest BCUT2D eigenvalue weighted by molar-refractivity contribution is -0.275. The van der Waals surface area contributed by atoms with Crippen LogP contribution < -0.4 is 9.46 Å². The molecule has 0 heterocycles. The van der Waals surface area contributed by atoms with Crippen molar-refractivity contribution in [1.29, 1.82) is 0 Å². The van der Waals surface area contributed by atoms with Crippen LogP contribution in [0.4, 0.5) is 13.2 Å². The van der Waals surface area contributed by atoms with Gasteiger partial charge in [-0.2, -0.15) is 4.72 Å². The van der Waals surface area contributed by atoms with Gasteiger partial charge < -0.3 is 9.84 Å². The number of rotatable bonds is 7. The van der Waals surface area contributed by atoms with Gasteiger partial charge in [-0.3, -0.25) is 4.79 Å². The van der Waals surface area contributed by atoms with Gasteiger partial charge in [0, 0.05) is 0 Å². The summed E-state index contributed by atoms with van der Waals surface area (Å²) >= 11 is 0. The number of hydrogen-bond acceptors (Lipinski definition) is 4. The summed E-state index contributed by atoms with van der Waals surface area (Å²) in [5.41, 5.74) is 0. The van der Waals surface area contributed by atoms with Gasteiger partial charge in [0.1, 0.15) is 16.7 Å². The predicted octanol–water partition coefficient (Wildman–Crippen LogP) is 2.36. The minimum atomic E-state index is -5.07. The molecular weight excluding hydrogens is 339 g/mol. The van der Waals surface area contributed by atoms with Crippen LogP contribution in [0.5, 0.6) is 5.75 Å². The molecule has 0 saturated heterocycles. The van der Waals surface area contributed by atoms with E-state index < -0.39 is 39.0 Å². The minimum absolute atomic E-state index is 0.0170. The third kappa shape index (κ3) is 6.06. The van der Waals surface area contributed by atoms with Crippen LogP contribution in [0.15, 0.2) is 29.2 Å². The van der Waals surface area contributed by atoms with Gasteiger partial charge in [0.15, 0.2) is 0 Å². The molecular formula is C13H16F3NO5S. The van der Waals surface area contributed by atoms with Crippen molar-refractivity contribution < 1.29 is 36.2 Å². The number of para-hydroxylation sites is 1. The van der Waals surface area contributed by atoms with Crippen LogP contribution in [0.3, 0.4) is 0 Å². The lowest BCUT2D eigenvalue weighted by Crippen LogP contribution is -2.41. The summed E-state index contributed by atoms with van der Waals surface area (Å²) in [6, 6.07) is 2.65. The quantitative estimate of drug-likeness (QED) is 0.783. The fourth-order valence-corrected chi connectivity index (χ4v) is 3.13. The van der Waals surface area contributed by atoms with Crippen molar-refractivity contribution in [3.63, 3.8) is 0 Å². The van der Waals surface area contributed by atoms with E-state index in [0.717, 1.165) is 12.1 Å². The smallest absolute Gasteiger partial charge is 0.480 e. The fraction of sp³-hybridized carbons (Fsp3) is 0.462. The van der Waals surface area contributed by atoms with Crippen LogP contribution in [0.1, 0.15) is 20.3 Å². The molecule has 130 valence electrons. The third-order valence-electron chi connectivity index (χ3n) is 2.67. The molecule has 1 atom stereocenters. The Balaban J connectivity index is 3.15. The van der Waals surface area contributed by atoms with Gasteiger partial charge in [-0.25, -0.2) is 8.42 Å². The van der Waals surface area contributed by atoms with E-state index in [-0.39, 0.29) is 12.3 Å². The molecule has 0 unspecified atom stereocenters. The average Bonchev–Trinajstić information content (AvgIpc) is 2.35. The summed E-state index contributed by atoms with van der Waals surface area (Å²) in [7, 11) is -4.51. The van der Waals surface area contributed by atoms with Crippen molar-refractivity contribution in [3.8, 4) is 5.75 Å². The highest BCUT2D eigenvalue weighted by atomic mass is 32.2. The van der Waals surface area contributed by atoms with Gasteiger partial charge in [-0.05, 0) is 24.5 Å². The number of benzene rings is 1. The Morgan fingerprint density at radius 1 is 1.30 bits per heavy atom. The Morgan fingerprint density at radius 2 is 1.87 bits per heavy atom. The summed E-state index contributed by atoms with van der Waals surface area (Å²) in [6.07, 6.45) is -5.09. The molecule has 2 N–H and O–H groups in total. The standard InChI is InChI=1S/C13H16F3NO5S/c1-8(2)7-9(12(18)19)17-23(20,21)11-6-4-3-5-10(11)22-13(14,15)16/h3-6,8-9,17H,7H2,1-2H3,(H,18,19)/t9-/m0/s1. The zero-order valence-corrected chi connectivity index (χ0v) is 13.1. The Labute approximate surface area is 131 Å². The molecule has 0 amide bonds. The van der Waals surface area contributed by atoms with Gasteiger partial charge in [-0.1, -0.05) is 26.0 Å². The number of alkyl halides is 3. The van der Waals surface area contributed by atoms with Crippen molar-refractivity contribution in [2.24, 2.45) is 5.92 Å². The molecule has 1 aromatic carbocycles. The van der Waals surface area contributed by atoms with E-state index in [1.54, 1.807) is 13.8 Å². The summed E-state index contributed by atoms with van der Waals surface area (Å²) in [6.45, 7) is 3.37. The van der Waals surface area contributed by atoms with Crippen LogP contribution in [0.25, 0.3) is 0 Å². The second-order valence-electron chi connectivity index (χ2n) is 5.14. The summed E-state index contributed by atoms with van der Waals surface area (Å²) in [5, 5.41) is 9.05. The summed E-state index contributed by atoms with van der Waals surface area (Å²) in [5.74, 6) is -2.49. The molecule has 0 spiro atoms. The maximum Gasteiger partial charge on any atom is 0.573 e. The lowest BCUT2D eigenvalue weighted by atomic mass is 10.1. The van der Waals surface area contributed by atoms with E-state index in [1.165, 1.54) is 12.1 Å². The van der Waals surface area contributed by atoms with Crippen LogP contribution in [0, 0.1) is 5.92 Å². The first-order valence-corrected chi connectivity index (χ1v) is 8.00. The molecule has 0 radical (unpaired) electrons. The normalized spacial score (nSPS) is 13.8. The van der Waals surface area contributed by atoms with E-state index in [1.807, 2.05) is 4.72 Å². The molecule has 0 aliphatic rings. The van der Waals surface area contributed by atoms with E-state index in [2.05, 4.69) is 4.74 Å².